The monoisotopic (exact) mass is 118 g/mol. The molecule has 5 N–H and O–H groups in total. The Morgan fingerprint density at radius 1 is 1.86 bits per heavy atom. The quantitative estimate of drug-likeness (QED) is 0.373. The van der Waals surface area contributed by atoms with E-state index in [1.54, 1.807) is 0 Å². The van der Waals surface area contributed by atoms with Crippen LogP contribution in [0.25, 0.3) is 0 Å². The zero-order valence-electron chi connectivity index (χ0n) is 3.59. The molecule has 0 amide bonds. The Hall–Kier alpha value is -0.420. The average Bonchev–Trinajstić information content (AvgIpc) is 1.87. The van der Waals surface area contributed by atoms with Gasteiger partial charge >= 0.3 is 0 Å². The molecule has 0 saturated carbocycles. The van der Waals surface area contributed by atoms with E-state index >= 15 is 0 Å². The molecule has 0 bridgehead atoms. The minimum Gasteiger partial charge on any atom is -0.377 e. The normalized spacial score (nSPS) is 29.3. The molecule has 0 aromatic heterocycles. The summed E-state index contributed by atoms with van der Waals surface area (Å²) in [5.41, 5.74) is 12.9. The highest BCUT2D eigenvalue weighted by Gasteiger charge is 2.09. The zero-order chi connectivity index (χ0) is 5.28. The van der Waals surface area contributed by atoms with Gasteiger partial charge in [0.05, 0.1) is 0 Å². The molecule has 0 spiro atoms. The first-order valence-corrected chi connectivity index (χ1v) is 2.68. The number of nitrogens with one attached hydrogen (secondary N) is 1. The highest BCUT2D eigenvalue weighted by atomic mass is 32.2. The minimum atomic E-state index is -0.139. The second-order valence-electron chi connectivity index (χ2n) is 1.12. The van der Waals surface area contributed by atoms with Crippen molar-refractivity contribution >= 4 is 16.9 Å². The lowest BCUT2D eigenvalue weighted by molar-refractivity contribution is 0.729. The van der Waals surface area contributed by atoms with Crippen molar-refractivity contribution in [2.24, 2.45) is 16.6 Å². The molecule has 7 heavy (non-hydrogen) atoms. The maximum absolute atomic E-state index is 5.28. The molecule has 0 aromatic rings. The van der Waals surface area contributed by atoms with E-state index in [1.165, 1.54) is 11.8 Å². The van der Waals surface area contributed by atoms with E-state index in [4.69, 9.17) is 11.5 Å². The van der Waals surface area contributed by atoms with Crippen LogP contribution in [0.15, 0.2) is 5.10 Å². The molecule has 1 unspecified atom stereocenters. The average molecular weight is 118 g/mol. The predicted molar refractivity (Wildman–Crippen MR) is 30.3 cm³/mol. The van der Waals surface area contributed by atoms with Crippen LogP contribution in [-0.4, -0.2) is 10.7 Å². The van der Waals surface area contributed by atoms with Crippen molar-refractivity contribution in [3.63, 3.8) is 0 Å². The van der Waals surface area contributed by atoms with Crippen LogP contribution in [-0.2, 0) is 0 Å². The maximum Gasteiger partial charge on any atom is 0.181 e. The fraction of sp³-hybridized carbons (Fsp3) is 0.500. The molecule has 0 saturated heterocycles. The van der Waals surface area contributed by atoms with Gasteiger partial charge in [0.2, 0.25) is 0 Å². The molecule has 1 aliphatic heterocycles. The van der Waals surface area contributed by atoms with Gasteiger partial charge in [0, 0.05) is 0 Å². The number of amidine groups is 1. The summed E-state index contributed by atoms with van der Waals surface area (Å²) in [6, 6.07) is 0. The third-order valence-electron chi connectivity index (χ3n) is 0.550. The molecule has 0 aromatic carbocycles. The Kier molecular flexibility index (Phi) is 1.07. The van der Waals surface area contributed by atoms with E-state index < -0.39 is 0 Å². The first-order valence-electron chi connectivity index (χ1n) is 1.80. The number of rotatable bonds is 0. The predicted octanol–water partition coefficient (Wildman–Crippen LogP) is -1.21. The summed E-state index contributed by atoms with van der Waals surface area (Å²) in [7, 11) is 0. The van der Waals surface area contributed by atoms with E-state index in [0.29, 0.717) is 5.17 Å². The van der Waals surface area contributed by atoms with Gasteiger partial charge in [0.15, 0.2) is 5.17 Å². The van der Waals surface area contributed by atoms with Gasteiger partial charge in [-0.05, 0) is 11.8 Å². The Morgan fingerprint density at radius 2 is 2.57 bits per heavy atom. The second-order valence-corrected chi connectivity index (χ2v) is 2.28. The van der Waals surface area contributed by atoms with Crippen molar-refractivity contribution in [1.29, 1.82) is 0 Å². The van der Waals surface area contributed by atoms with Crippen molar-refractivity contribution < 1.29 is 0 Å². The van der Waals surface area contributed by atoms with Crippen LogP contribution in [0.1, 0.15) is 0 Å². The first kappa shape index (κ1) is 4.73. The van der Waals surface area contributed by atoms with Crippen LogP contribution in [0.4, 0.5) is 0 Å². The fourth-order valence-corrected chi connectivity index (χ4v) is 0.781. The van der Waals surface area contributed by atoms with Crippen LogP contribution in [0.2, 0.25) is 0 Å². The Labute approximate surface area is 45.3 Å². The molecule has 1 aliphatic rings. The molecule has 1 heterocycles. The van der Waals surface area contributed by atoms with Crippen LogP contribution in [0.5, 0.6) is 0 Å². The number of hydrazone groups is 1. The molecule has 40 valence electrons. The van der Waals surface area contributed by atoms with Crippen LogP contribution in [0.3, 0.4) is 0 Å². The largest absolute Gasteiger partial charge is 0.377 e. The van der Waals surface area contributed by atoms with Crippen molar-refractivity contribution in [1.82, 2.24) is 5.43 Å². The Balaban J connectivity index is 2.42. The Morgan fingerprint density at radius 3 is 2.71 bits per heavy atom. The number of hydrogen-bond acceptors (Lipinski definition) is 5. The van der Waals surface area contributed by atoms with Gasteiger partial charge in [-0.15, -0.1) is 0 Å². The minimum absolute atomic E-state index is 0.139. The second kappa shape index (κ2) is 1.59. The number of hydrogen-bond donors (Lipinski definition) is 3. The maximum atomic E-state index is 5.28. The number of nitrogens with zero attached hydrogens (tertiary/aromatic N) is 1. The van der Waals surface area contributed by atoms with Gasteiger partial charge in [-0.3, -0.25) is 5.43 Å². The fourth-order valence-electron chi connectivity index (χ4n) is 0.310. The first-order chi connectivity index (χ1) is 3.29. The van der Waals surface area contributed by atoms with Crippen molar-refractivity contribution in [3.05, 3.63) is 0 Å². The molecule has 1 rings (SSSR count). The molecule has 0 radical (unpaired) electrons. The third-order valence-corrected chi connectivity index (χ3v) is 1.24. The molecule has 4 nitrogen and oxygen atoms in total. The summed E-state index contributed by atoms with van der Waals surface area (Å²) in [5.74, 6) is 0. The van der Waals surface area contributed by atoms with Gasteiger partial charge in [0.1, 0.15) is 5.50 Å². The summed E-state index contributed by atoms with van der Waals surface area (Å²) < 4.78 is 0. The molecule has 0 fully saturated rings. The van der Waals surface area contributed by atoms with Gasteiger partial charge in [0.25, 0.3) is 0 Å². The van der Waals surface area contributed by atoms with Gasteiger partial charge in [-0.1, -0.05) is 0 Å². The van der Waals surface area contributed by atoms with Crippen LogP contribution in [0, 0.1) is 0 Å². The molecule has 0 aliphatic carbocycles. The summed E-state index contributed by atoms with van der Waals surface area (Å²) in [5, 5.41) is 4.11. The summed E-state index contributed by atoms with van der Waals surface area (Å²) >= 11 is 1.31. The van der Waals surface area contributed by atoms with Gasteiger partial charge < -0.3 is 11.5 Å². The van der Waals surface area contributed by atoms with E-state index in [-0.39, 0.29) is 5.50 Å². The third kappa shape index (κ3) is 0.971. The highest BCUT2D eigenvalue weighted by molar-refractivity contribution is 8.14. The number of thioether (sulfide) groups is 1. The SMILES string of the molecule is NC1=NNC(N)S1. The van der Waals surface area contributed by atoms with E-state index in [2.05, 4.69) is 10.5 Å². The van der Waals surface area contributed by atoms with Crippen LogP contribution >= 0.6 is 11.8 Å². The van der Waals surface area contributed by atoms with Gasteiger partial charge in [-0.2, -0.15) is 5.10 Å². The van der Waals surface area contributed by atoms with E-state index in [0.717, 1.165) is 0 Å². The van der Waals surface area contributed by atoms with Crippen molar-refractivity contribution in [2.45, 2.75) is 5.50 Å². The molecular weight excluding hydrogens is 112 g/mol. The molecular formula is C2H6N4S. The van der Waals surface area contributed by atoms with E-state index in [9.17, 15) is 0 Å². The van der Waals surface area contributed by atoms with Crippen molar-refractivity contribution in [2.75, 3.05) is 0 Å². The van der Waals surface area contributed by atoms with Crippen LogP contribution < -0.4 is 16.9 Å². The standard InChI is InChI=1S/C2H6N4S/c3-1-5-6-2(4)7-1/h1,5H,3H2,(H2,4,6). The lowest BCUT2D eigenvalue weighted by atomic mass is 11.2. The summed E-state index contributed by atoms with van der Waals surface area (Å²) in [6.45, 7) is 0. The van der Waals surface area contributed by atoms with Crippen molar-refractivity contribution in [3.8, 4) is 0 Å². The number of nitrogens with two attached hydrogens (primary N) is 2. The molecule has 5 heteroatoms. The lowest BCUT2D eigenvalue weighted by Crippen LogP contribution is -2.25. The van der Waals surface area contributed by atoms with E-state index in [1.807, 2.05) is 0 Å². The highest BCUT2D eigenvalue weighted by Crippen LogP contribution is 2.06. The Bertz CT molecular complexity index is 99.9. The zero-order valence-corrected chi connectivity index (χ0v) is 4.40. The summed E-state index contributed by atoms with van der Waals surface area (Å²) in [6.07, 6.45) is 0. The lowest BCUT2D eigenvalue weighted by Gasteiger charge is -1.94. The summed E-state index contributed by atoms with van der Waals surface area (Å²) in [4.78, 5) is 0. The van der Waals surface area contributed by atoms with Gasteiger partial charge in [-0.25, -0.2) is 0 Å². The topological polar surface area (TPSA) is 76.4 Å². The smallest absolute Gasteiger partial charge is 0.181 e. The molecule has 1 atom stereocenters.